The largest absolute Gasteiger partial charge is 0.378 e. The average Bonchev–Trinajstić information content (AvgIpc) is 2.88. The topological polar surface area (TPSA) is 90.3 Å². The van der Waals surface area contributed by atoms with Gasteiger partial charge in [-0.3, -0.25) is 0 Å². The van der Waals surface area contributed by atoms with Crippen LogP contribution in [0.4, 0.5) is 5.82 Å². The third-order valence-corrected chi connectivity index (χ3v) is 3.34. The Kier molecular flexibility index (Phi) is 3.37. The number of nitrogens with zero attached hydrogens (tertiary/aromatic N) is 4. The Bertz CT molecular complexity index is 592. The van der Waals surface area contributed by atoms with Gasteiger partial charge in [-0.05, 0) is 19.1 Å². The van der Waals surface area contributed by atoms with Crippen molar-refractivity contribution in [1.29, 1.82) is 0 Å². The fourth-order valence-corrected chi connectivity index (χ4v) is 2.04. The minimum atomic E-state index is -0.268. The van der Waals surface area contributed by atoms with E-state index in [2.05, 4.69) is 20.0 Å². The average molecular weight is 275 g/mol. The van der Waals surface area contributed by atoms with Crippen LogP contribution in [-0.2, 0) is 4.74 Å². The molecule has 20 heavy (non-hydrogen) atoms. The smallest absolute Gasteiger partial charge is 0.243 e. The molecule has 2 N–H and O–H groups in total. The molecule has 1 atom stereocenters. The van der Waals surface area contributed by atoms with Crippen molar-refractivity contribution in [2.24, 2.45) is 5.73 Å². The molecule has 7 heteroatoms. The molecule has 3 heterocycles. The SMILES string of the molecule is COC1CN(c2cc(-c3noc([C@H](C)N)n3)ccn2)C1. The molecular weight excluding hydrogens is 258 g/mol. The van der Waals surface area contributed by atoms with Crippen LogP contribution in [0.15, 0.2) is 22.9 Å². The first kappa shape index (κ1) is 13.0. The molecule has 0 bridgehead atoms. The highest BCUT2D eigenvalue weighted by Crippen LogP contribution is 2.25. The zero-order chi connectivity index (χ0) is 14.1. The number of rotatable bonds is 4. The zero-order valence-corrected chi connectivity index (χ0v) is 11.5. The summed E-state index contributed by atoms with van der Waals surface area (Å²) in [5.74, 6) is 1.86. The Morgan fingerprint density at radius 3 is 2.95 bits per heavy atom. The van der Waals surface area contributed by atoms with Gasteiger partial charge in [0.2, 0.25) is 11.7 Å². The minimum Gasteiger partial charge on any atom is -0.378 e. The summed E-state index contributed by atoms with van der Waals surface area (Å²) in [6.45, 7) is 3.51. The summed E-state index contributed by atoms with van der Waals surface area (Å²) in [6, 6.07) is 3.53. The van der Waals surface area contributed by atoms with E-state index in [9.17, 15) is 0 Å². The number of aromatic nitrogens is 3. The molecule has 0 radical (unpaired) electrons. The number of hydrogen-bond acceptors (Lipinski definition) is 7. The van der Waals surface area contributed by atoms with Crippen molar-refractivity contribution >= 4 is 5.82 Å². The number of nitrogens with two attached hydrogens (primary N) is 1. The fraction of sp³-hybridized carbons (Fsp3) is 0.462. The van der Waals surface area contributed by atoms with Crippen LogP contribution in [0.5, 0.6) is 0 Å². The summed E-state index contributed by atoms with van der Waals surface area (Å²) < 4.78 is 10.4. The lowest BCUT2D eigenvalue weighted by Crippen LogP contribution is -2.52. The quantitative estimate of drug-likeness (QED) is 0.889. The molecule has 0 unspecified atom stereocenters. The molecule has 106 valence electrons. The number of ether oxygens (including phenoxy) is 1. The van der Waals surface area contributed by atoms with E-state index in [0.717, 1.165) is 24.5 Å². The van der Waals surface area contributed by atoms with Gasteiger partial charge in [0.15, 0.2) is 0 Å². The molecule has 3 rings (SSSR count). The standard InChI is InChI=1S/C13H17N5O2/c1-8(14)13-16-12(17-20-13)9-3-4-15-11(5-9)18-6-10(7-18)19-2/h3-5,8,10H,6-7,14H2,1-2H3/t8-/m0/s1. The maximum atomic E-state index is 5.71. The molecule has 0 aromatic carbocycles. The Morgan fingerprint density at radius 2 is 2.30 bits per heavy atom. The third-order valence-electron chi connectivity index (χ3n) is 3.34. The zero-order valence-electron chi connectivity index (χ0n) is 11.5. The van der Waals surface area contributed by atoms with Crippen LogP contribution in [-0.4, -0.2) is 41.4 Å². The van der Waals surface area contributed by atoms with Crippen molar-refractivity contribution in [2.45, 2.75) is 19.1 Å². The number of anilines is 1. The van der Waals surface area contributed by atoms with Crippen molar-refractivity contribution in [3.63, 3.8) is 0 Å². The van der Waals surface area contributed by atoms with Crippen LogP contribution in [0.3, 0.4) is 0 Å². The predicted octanol–water partition coefficient (Wildman–Crippen LogP) is 0.986. The van der Waals surface area contributed by atoms with Crippen LogP contribution < -0.4 is 10.6 Å². The van der Waals surface area contributed by atoms with Gasteiger partial charge in [-0.25, -0.2) is 4.98 Å². The molecule has 0 spiro atoms. The lowest BCUT2D eigenvalue weighted by Gasteiger charge is -2.39. The lowest BCUT2D eigenvalue weighted by molar-refractivity contribution is 0.0783. The minimum absolute atomic E-state index is 0.268. The summed E-state index contributed by atoms with van der Waals surface area (Å²) in [4.78, 5) is 10.8. The molecular formula is C13H17N5O2. The molecule has 1 fully saturated rings. The number of hydrogen-bond donors (Lipinski definition) is 1. The van der Waals surface area contributed by atoms with E-state index < -0.39 is 0 Å². The van der Waals surface area contributed by atoms with Crippen LogP contribution in [0.25, 0.3) is 11.4 Å². The van der Waals surface area contributed by atoms with E-state index in [1.165, 1.54) is 0 Å². The Balaban J connectivity index is 1.80. The lowest BCUT2D eigenvalue weighted by atomic mass is 10.1. The first-order chi connectivity index (χ1) is 9.67. The molecule has 1 aliphatic rings. The van der Waals surface area contributed by atoms with Crippen molar-refractivity contribution in [2.75, 3.05) is 25.1 Å². The third kappa shape index (κ3) is 2.37. The first-order valence-electron chi connectivity index (χ1n) is 6.50. The van der Waals surface area contributed by atoms with Gasteiger partial charge in [0.25, 0.3) is 0 Å². The molecule has 0 amide bonds. The van der Waals surface area contributed by atoms with Crippen molar-refractivity contribution < 1.29 is 9.26 Å². The molecule has 1 aliphatic heterocycles. The second-order valence-electron chi connectivity index (χ2n) is 4.91. The van der Waals surface area contributed by atoms with Gasteiger partial charge in [-0.1, -0.05) is 5.16 Å². The number of pyridine rings is 1. The first-order valence-corrected chi connectivity index (χ1v) is 6.50. The van der Waals surface area contributed by atoms with E-state index in [0.29, 0.717) is 11.7 Å². The van der Waals surface area contributed by atoms with Crippen LogP contribution >= 0.6 is 0 Å². The summed E-state index contributed by atoms with van der Waals surface area (Å²) in [5, 5.41) is 3.95. The summed E-state index contributed by atoms with van der Waals surface area (Å²) >= 11 is 0. The van der Waals surface area contributed by atoms with E-state index in [-0.39, 0.29) is 12.1 Å². The molecule has 1 saturated heterocycles. The van der Waals surface area contributed by atoms with E-state index in [1.807, 2.05) is 12.1 Å². The highest BCUT2D eigenvalue weighted by atomic mass is 16.5. The van der Waals surface area contributed by atoms with Gasteiger partial charge in [-0.15, -0.1) is 0 Å². The Hall–Kier alpha value is -1.99. The maximum absolute atomic E-state index is 5.71. The van der Waals surface area contributed by atoms with Gasteiger partial charge < -0.3 is 19.9 Å². The van der Waals surface area contributed by atoms with Gasteiger partial charge >= 0.3 is 0 Å². The van der Waals surface area contributed by atoms with E-state index in [1.54, 1.807) is 20.2 Å². The summed E-state index contributed by atoms with van der Waals surface area (Å²) in [6.07, 6.45) is 2.03. The fourth-order valence-electron chi connectivity index (χ4n) is 2.04. The van der Waals surface area contributed by atoms with Gasteiger partial charge in [0.05, 0.1) is 12.1 Å². The molecule has 0 aliphatic carbocycles. The van der Waals surface area contributed by atoms with Crippen LogP contribution in [0.1, 0.15) is 18.9 Å². The monoisotopic (exact) mass is 275 g/mol. The summed E-state index contributed by atoms with van der Waals surface area (Å²) in [7, 11) is 1.72. The van der Waals surface area contributed by atoms with E-state index in [4.69, 9.17) is 15.0 Å². The summed E-state index contributed by atoms with van der Waals surface area (Å²) in [5.41, 5.74) is 6.58. The highest BCUT2D eigenvalue weighted by Gasteiger charge is 2.27. The number of methoxy groups -OCH3 is 1. The van der Waals surface area contributed by atoms with Gasteiger partial charge in [-0.2, -0.15) is 4.98 Å². The van der Waals surface area contributed by atoms with Crippen molar-refractivity contribution in [3.8, 4) is 11.4 Å². The molecule has 2 aromatic heterocycles. The Labute approximate surface area is 116 Å². The molecule has 2 aromatic rings. The van der Waals surface area contributed by atoms with Crippen molar-refractivity contribution in [3.05, 3.63) is 24.2 Å². The predicted molar refractivity (Wildman–Crippen MR) is 73.1 cm³/mol. The second kappa shape index (κ2) is 5.18. The van der Waals surface area contributed by atoms with Crippen LogP contribution in [0, 0.1) is 0 Å². The maximum Gasteiger partial charge on any atom is 0.243 e. The van der Waals surface area contributed by atoms with Crippen molar-refractivity contribution in [1.82, 2.24) is 15.1 Å². The normalized spacial score (nSPS) is 17.1. The van der Waals surface area contributed by atoms with E-state index >= 15 is 0 Å². The Morgan fingerprint density at radius 1 is 1.50 bits per heavy atom. The second-order valence-corrected chi connectivity index (χ2v) is 4.91. The van der Waals surface area contributed by atoms with Gasteiger partial charge in [0, 0.05) is 32.0 Å². The highest BCUT2D eigenvalue weighted by molar-refractivity contribution is 5.60. The van der Waals surface area contributed by atoms with Gasteiger partial charge in [0.1, 0.15) is 5.82 Å². The molecule has 7 nitrogen and oxygen atoms in total. The van der Waals surface area contributed by atoms with Crippen LogP contribution in [0.2, 0.25) is 0 Å². The molecule has 0 saturated carbocycles.